The zero-order valence-corrected chi connectivity index (χ0v) is 20.5. The van der Waals surface area contributed by atoms with Gasteiger partial charge < -0.3 is 19.6 Å². The van der Waals surface area contributed by atoms with E-state index in [-0.39, 0.29) is 24.5 Å². The highest BCUT2D eigenvalue weighted by Crippen LogP contribution is 2.18. The lowest BCUT2D eigenvalue weighted by Gasteiger charge is -2.41. The minimum absolute atomic E-state index is 0.0189. The second-order valence-corrected chi connectivity index (χ2v) is 10.1. The number of quaternary nitrogens is 1. The number of nitrogens with one attached hydrogen (secondary N) is 1. The molecule has 1 aliphatic rings. The molecule has 1 heterocycles. The molecule has 2 atom stereocenters. The largest absolute Gasteiger partial charge is 0.481 e. The molecule has 0 radical (unpaired) electrons. The number of carbonyl (C=O) groups is 2. The molecule has 0 aromatic rings. The van der Waals surface area contributed by atoms with Crippen LogP contribution < -0.4 is 5.32 Å². The predicted molar refractivity (Wildman–Crippen MR) is 126 cm³/mol. The maximum Gasteiger partial charge on any atom is 0.306 e. The maximum absolute atomic E-state index is 12.1. The third-order valence-electron chi connectivity index (χ3n) is 6.22. The van der Waals surface area contributed by atoms with Crippen LogP contribution in [0.15, 0.2) is 0 Å². The molecule has 182 valence electrons. The van der Waals surface area contributed by atoms with E-state index < -0.39 is 5.97 Å². The highest BCUT2D eigenvalue weighted by Gasteiger charge is 2.35. The molecule has 0 saturated carbocycles. The van der Waals surface area contributed by atoms with Crippen LogP contribution in [0.5, 0.6) is 0 Å². The Morgan fingerprint density at radius 1 is 0.839 bits per heavy atom. The van der Waals surface area contributed by atoms with Gasteiger partial charge in [-0.1, -0.05) is 84.0 Å². The Hall–Kier alpha value is -1.14. The molecule has 1 saturated heterocycles. The van der Waals surface area contributed by atoms with Crippen LogP contribution >= 0.6 is 0 Å². The van der Waals surface area contributed by atoms with Gasteiger partial charge in [0.05, 0.1) is 20.5 Å². The van der Waals surface area contributed by atoms with Crippen LogP contribution in [-0.4, -0.2) is 67.4 Å². The first kappa shape index (κ1) is 27.9. The number of ether oxygens (including phenoxy) is 1. The summed E-state index contributed by atoms with van der Waals surface area (Å²) in [5.41, 5.74) is 0. The van der Waals surface area contributed by atoms with E-state index in [0.29, 0.717) is 19.5 Å². The second-order valence-electron chi connectivity index (χ2n) is 10.1. The number of nitrogens with zero attached hydrogens (tertiary/aromatic N) is 1. The van der Waals surface area contributed by atoms with Crippen molar-refractivity contribution < 1.29 is 23.9 Å². The summed E-state index contributed by atoms with van der Waals surface area (Å²) >= 11 is 0. The summed E-state index contributed by atoms with van der Waals surface area (Å²) in [4.78, 5) is 23.1. The number of hydrogen-bond acceptors (Lipinski definition) is 3. The summed E-state index contributed by atoms with van der Waals surface area (Å²) in [5.74, 6) is -0.755. The van der Waals surface area contributed by atoms with E-state index in [4.69, 9.17) is 9.84 Å². The Bertz CT molecular complexity index is 496. The molecule has 6 heteroatoms. The molecule has 6 nitrogen and oxygen atoms in total. The Balaban J connectivity index is 1.99. The van der Waals surface area contributed by atoms with Gasteiger partial charge in [0.25, 0.3) is 0 Å². The molecule has 1 fully saturated rings. The number of morpholine rings is 1. The molecular formula is C25H49N2O4+. The van der Waals surface area contributed by atoms with Crippen molar-refractivity contribution in [3.05, 3.63) is 0 Å². The van der Waals surface area contributed by atoms with Crippen LogP contribution in [0, 0.1) is 0 Å². The second kappa shape index (κ2) is 16.5. The number of unbranched alkanes of at least 4 members (excludes halogenated alkanes) is 12. The summed E-state index contributed by atoms with van der Waals surface area (Å²) < 4.78 is 6.61. The van der Waals surface area contributed by atoms with E-state index in [1.54, 1.807) is 0 Å². The molecule has 0 spiro atoms. The number of aliphatic carboxylic acids is 1. The number of likely N-dealkylation sites (N-methyl/N-ethyl adjacent to an activating group) is 1. The van der Waals surface area contributed by atoms with Crippen molar-refractivity contribution in [3.63, 3.8) is 0 Å². The molecule has 0 aliphatic carbocycles. The first-order chi connectivity index (χ1) is 14.8. The van der Waals surface area contributed by atoms with Gasteiger partial charge >= 0.3 is 5.97 Å². The van der Waals surface area contributed by atoms with E-state index in [2.05, 4.69) is 26.3 Å². The lowest BCUT2D eigenvalue weighted by molar-refractivity contribution is -0.905. The topological polar surface area (TPSA) is 75.6 Å². The third kappa shape index (κ3) is 15.3. The van der Waals surface area contributed by atoms with Gasteiger partial charge in [-0.2, -0.15) is 0 Å². The fourth-order valence-electron chi connectivity index (χ4n) is 4.57. The minimum Gasteiger partial charge on any atom is -0.481 e. The van der Waals surface area contributed by atoms with E-state index >= 15 is 0 Å². The van der Waals surface area contributed by atoms with Gasteiger partial charge in [-0.25, -0.2) is 0 Å². The van der Waals surface area contributed by atoms with Crippen LogP contribution in [0.3, 0.4) is 0 Å². The Kier molecular flexibility index (Phi) is 14.8. The van der Waals surface area contributed by atoms with Crippen molar-refractivity contribution in [2.24, 2.45) is 0 Å². The average Bonchev–Trinajstić information content (AvgIpc) is 2.68. The first-order valence-corrected chi connectivity index (χ1v) is 12.8. The SMILES string of the molecule is CCCCCCCCCCCCCCCC(=O)NC[C@H]1C[N+](C)(C)C[C@H](CC(=O)O)O1. The van der Waals surface area contributed by atoms with Gasteiger partial charge in [0, 0.05) is 13.0 Å². The van der Waals surface area contributed by atoms with Crippen LogP contribution in [0.25, 0.3) is 0 Å². The maximum atomic E-state index is 12.1. The molecule has 0 aromatic carbocycles. The summed E-state index contributed by atoms with van der Waals surface area (Å²) in [6.07, 6.45) is 17.1. The standard InChI is InChI=1S/C25H48N2O4/c1-4-5-6-7-8-9-10-11-12-13-14-15-16-17-24(28)26-19-23-21-27(2,3)20-22(31-23)18-25(29)30/h22-23H,4-21H2,1-3H3,(H-,26,28,29,30)/p+1/t22-,23-/m0/s1. The smallest absolute Gasteiger partial charge is 0.306 e. The van der Waals surface area contributed by atoms with E-state index in [1.807, 2.05) is 0 Å². The Labute approximate surface area is 190 Å². The minimum atomic E-state index is -0.836. The van der Waals surface area contributed by atoms with Crippen LogP contribution in [0.1, 0.15) is 103 Å². The first-order valence-electron chi connectivity index (χ1n) is 12.8. The molecular weight excluding hydrogens is 392 g/mol. The molecule has 1 aliphatic heterocycles. The molecule has 2 N–H and O–H groups in total. The number of hydrogen-bond donors (Lipinski definition) is 2. The van der Waals surface area contributed by atoms with Gasteiger partial charge in [0.1, 0.15) is 25.3 Å². The van der Waals surface area contributed by atoms with Crippen LogP contribution in [-0.2, 0) is 14.3 Å². The number of rotatable bonds is 18. The number of carbonyl (C=O) groups excluding carboxylic acids is 1. The van der Waals surface area contributed by atoms with Gasteiger partial charge in [0.2, 0.25) is 5.91 Å². The number of carboxylic acids is 1. The predicted octanol–water partition coefficient (Wildman–Crippen LogP) is 4.90. The van der Waals surface area contributed by atoms with Crippen molar-refractivity contribution in [2.45, 2.75) is 115 Å². The monoisotopic (exact) mass is 441 g/mol. The van der Waals surface area contributed by atoms with Gasteiger partial charge in [-0.05, 0) is 6.42 Å². The normalized spacial score (nSPS) is 20.5. The van der Waals surface area contributed by atoms with Crippen molar-refractivity contribution >= 4 is 11.9 Å². The average molecular weight is 442 g/mol. The highest BCUT2D eigenvalue weighted by molar-refractivity contribution is 5.75. The van der Waals surface area contributed by atoms with E-state index in [9.17, 15) is 9.59 Å². The fourth-order valence-corrected chi connectivity index (χ4v) is 4.57. The highest BCUT2D eigenvalue weighted by atomic mass is 16.5. The van der Waals surface area contributed by atoms with Gasteiger partial charge in [-0.15, -0.1) is 0 Å². The van der Waals surface area contributed by atoms with Crippen molar-refractivity contribution in [1.82, 2.24) is 5.32 Å². The van der Waals surface area contributed by atoms with Gasteiger partial charge in [0.15, 0.2) is 0 Å². The molecule has 1 amide bonds. The van der Waals surface area contributed by atoms with E-state index in [0.717, 1.165) is 23.9 Å². The third-order valence-corrected chi connectivity index (χ3v) is 6.22. The fraction of sp³-hybridized carbons (Fsp3) is 0.920. The summed E-state index contributed by atoms with van der Waals surface area (Å²) in [7, 11) is 4.17. The van der Waals surface area contributed by atoms with Crippen molar-refractivity contribution in [1.29, 1.82) is 0 Å². The van der Waals surface area contributed by atoms with Gasteiger partial charge in [-0.3, -0.25) is 9.59 Å². The molecule has 1 rings (SSSR count). The van der Waals surface area contributed by atoms with Crippen LogP contribution in [0.4, 0.5) is 0 Å². The molecule has 0 aromatic heterocycles. The Morgan fingerprint density at radius 3 is 1.84 bits per heavy atom. The molecule has 31 heavy (non-hydrogen) atoms. The lowest BCUT2D eigenvalue weighted by atomic mass is 10.0. The Morgan fingerprint density at radius 2 is 1.32 bits per heavy atom. The van der Waals surface area contributed by atoms with E-state index in [1.165, 1.54) is 70.6 Å². The zero-order chi connectivity index (χ0) is 23.0. The van der Waals surface area contributed by atoms with Crippen LogP contribution in [0.2, 0.25) is 0 Å². The summed E-state index contributed by atoms with van der Waals surface area (Å²) in [6, 6.07) is 0. The lowest BCUT2D eigenvalue weighted by Crippen LogP contribution is -2.59. The van der Waals surface area contributed by atoms with Crippen molar-refractivity contribution in [2.75, 3.05) is 33.7 Å². The summed E-state index contributed by atoms with van der Waals surface area (Å²) in [6.45, 7) is 4.21. The summed E-state index contributed by atoms with van der Waals surface area (Å²) in [5, 5.41) is 12.0. The number of amides is 1. The zero-order valence-electron chi connectivity index (χ0n) is 20.5. The molecule has 0 bridgehead atoms. The molecule has 0 unspecified atom stereocenters. The number of carboxylic acid groups (broad SMARTS) is 1. The quantitative estimate of drug-likeness (QED) is 0.234. The van der Waals surface area contributed by atoms with Crippen molar-refractivity contribution in [3.8, 4) is 0 Å².